The van der Waals surface area contributed by atoms with Crippen LogP contribution >= 0.6 is 0 Å². The Bertz CT molecular complexity index is 639. The molecule has 1 saturated carbocycles. The van der Waals surface area contributed by atoms with Crippen molar-refractivity contribution in [2.45, 2.75) is 51.0 Å². The normalized spacial score (nSPS) is 22.7. The van der Waals surface area contributed by atoms with Crippen LogP contribution in [0.25, 0.3) is 11.0 Å². The molecule has 2 heterocycles. The van der Waals surface area contributed by atoms with Crippen molar-refractivity contribution in [3.8, 4) is 0 Å². The molecular formula is C18H23N3O. The molecule has 2 aromatic rings. The third-order valence-electron chi connectivity index (χ3n) is 5.23. The molecule has 1 N–H and O–H groups in total. The molecule has 22 heavy (non-hydrogen) atoms. The number of fused-ring (bicyclic) bond motifs is 1. The summed E-state index contributed by atoms with van der Waals surface area (Å²) < 4.78 is 0. The average Bonchev–Trinajstić information content (AvgIpc) is 3.26. The quantitative estimate of drug-likeness (QED) is 0.936. The lowest BCUT2D eigenvalue weighted by Crippen LogP contribution is -2.32. The van der Waals surface area contributed by atoms with E-state index in [9.17, 15) is 4.79 Å². The van der Waals surface area contributed by atoms with Crippen LogP contribution in [-0.4, -0.2) is 27.3 Å². The van der Waals surface area contributed by atoms with Crippen molar-refractivity contribution in [1.29, 1.82) is 0 Å². The molecule has 2 fully saturated rings. The van der Waals surface area contributed by atoms with Crippen LogP contribution in [0.15, 0.2) is 24.3 Å². The Hall–Kier alpha value is -1.84. The molecule has 116 valence electrons. The molecule has 1 aromatic heterocycles. The number of hydrogen-bond donors (Lipinski definition) is 1. The zero-order valence-corrected chi connectivity index (χ0v) is 12.9. The van der Waals surface area contributed by atoms with Crippen LogP contribution in [0.3, 0.4) is 0 Å². The van der Waals surface area contributed by atoms with Gasteiger partial charge >= 0.3 is 0 Å². The first-order valence-corrected chi connectivity index (χ1v) is 8.55. The van der Waals surface area contributed by atoms with Crippen LogP contribution in [0.4, 0.5) is 0 Å². The molecule has 1 amide bonds. The van der Waals surface area contributed by atoms with Crippen molar-refractivity contribution >= 4 is 16.9 Å². The van der Waals surface area contributed by atoms with Gasteiger partial charge in [-0.15, -0.1) is 0 Å². The van der Waals surface area contributed by atoms with Gasteiger partial charge in [-0.05, 0) is 43.7 Å². The summed E-state index contributed by atoms with van der Waals surface area (Å²) in [6.07, 6.45) is 7.89. The van der Waals surface area contributed by atoms with Gasteiger partial charge in [0.15, 0.2) is 0 Å². The van der Waals surface area contributed by atoms with Crippen LogP contribution in [-0.2, 0) is 4.79 Å². The Morgan fingerprint density at radius 3 is 2.82 bits per heavy atom. The van der Waals surface area contributed by atoms with Gasteiger partial charge in [0.25, 0.3) is 0 Å². The number of H-pyrrole nitrogens is 1. The predicted molar refractivity (Wildman–Crippen MR) is 86.4 cm³/mol. The Morgan fingerprint density at radius 2 is 2.00 bits per heavy atom. The third-order valence-corrected chi connectivity index (χ3v) is 5.23. The fraction of sp³-hybridized carbons (Fsp3) is 0.556. The molecule has 0 bridgehead atoms. The third kappa shape index (κ3) is 2.51. The molecule has 1 aliphatic carbocycles. The Labute approximate surface area is 130 Å². The van der Waals surface area contributed by atoms with Crippen molar-refractivity contribution in [2.75, 3.05) is 6.54 Å². The van der Waals surface area contributed by atoms with Gasteiger partial charge in [0.1, 0.15) is 5.82 Å². The number of aromatic nitrogens is 2. The molecule has 2 aliphatic rings. The summed E-state index contributed by atoms with van der Waals surface area (Å²) in [7, 11) is 0. The molecule has 4 heteroatoms. The lowest BCUT2D eigenvalue weighted by Gasteiger charge is -2.24. The average molecular weight is 297 g/mol. The highest BCUT2D eigenvalue weighted by atomic mass is 16.2. The molecule has 1 unspecified atom stereocenters. The molecule has 0 spiro atoms. The molecule has 4 rings (SSSR count). The highest BCUT2D eigenvalue weighted by Gasteiger charge is 2.33. The number of nitrogens with zero attached hydrogens (tertiary/aromatic N) is 2. The number of rotatable bonds is 3. The first-order chi connectivity index (χ1) is 10.8. The summed E-state index contributed by atoms with van der Waals surface area (Å²) in [6, 6.07) is 8.23. The minimum absolute atomic E-state index is 0.140. The number of imidazole rings is 1. The second-order valence-electron chi connectivity index (χ2n) is 6.74. The summed E-state index contributed by atoms with van der Waals surface area (Å²) in [5.74, 6) is 1.90. The van der Waals surface area contributed by atoms with Gasteiger partial charge in [-0.2, -0.15) is 0 Å². The summed E-state index contributed by atoms with van der Waals surface area (Å²) in [4.78, 5) is 22.9. The number of nitrogens with one attached hydrogen (secondary N) is 1. The Balaban J connectivity index is 1.53. The highest BCUT2D eigenvalue weighted by Crippen LogP contribution is 2.34. The number of aromatic amines is 1. The van der Waals surface area contributed by atoms with Crippen molar-refractivity contribution < 1.29 is 4.79 Å². The van der Waals surface area contributed by atoms with Gasteiger partial charge in [0.2, 0.25) is 5.91 Å². The van der Waals surface area contributed by atoms with E-state index in [1.807, 2.05) is 24.3 Å². The van der Waals surface area contributed by atoms with E-state index in [-0.39, 0.29) is 6.04 Å². The number of benzene rings is 1. The number of hydrogen-bond acceptors (Lipinski definition) is 2. The van der Waals surface area contributed by atoms with Gasteiger partial charge in [0.05, 0.1) is 17.1 Å². The largest absolute Gasteiger partial charge is 0.340 e. The van der Waals surface area contributed by atoms with Gasteiger partial charge < -0.3 is 9.88 Å². The summed E-state index contributed by atoms with van der Waals surface area (Å²) >= 11 is 0. The van der Waals surface area contributed by atoms with Gasteiger partial charge in [-0.3, -0.25) is 4.79 Å². The molecule has 1 aliphatic heterocycles. The van der Waals surface area contributed by atoms with Crippen LogP contribution in [0.1, 0.15) is 56.8 Å². The summed E-state index contributed by atoms with van der Waals surface area (Å²) in [6.45, 7) is 0.882. The molecule has 4 nitrogen and oxygen atoms in total. The summed E-state index contributed by atoms with van der Waals surface area (Å²) in [5.41, 5.74) is 2.06. The van der Waals surface area contributed by atoms with Crippen molar-refractivity contribution in [2.24, 2.45) is 5.92 Å². The fourth-order valence-corrected chi connectivity index (χ4v) is 4.06. The van der Waals surface area contributed by atoms with Crippen LogP contribution in [0.2, 0.25) is 0 Å². The lowest BCUT2D eigenvalue weighted by molar-refractivity contribution is -0.133. The molecule has 1 aromatic carbocycles. The Kier molecular flexibility index (Phi) is 3.60. The summed E-state index contributed by atoms with van der Waals surface area (Å²) in [5, 5.41) is 0. The first-order valence-electron chi connectivity index (χ1n) is 8.55. The van der Waals surface area contributed by atoms with Gasteiger partial charge in [0, 0.05) is 13.0 Å². The van der Waals surface area contributed by atoms with E-state index >= 15 is 0 Å². The minimum atomic E-state index is 0.140. The molecule has 0 radical (unpaired) electrons. The number of amides is 1. The van der Waals surface area contributed by atoms with Crippen molar-refractivity contribution in [3.63, 3.8) is 0 Å². The smallest absolute Gasteiger partial charge is 0.223 e. The van der Waals surface area contributed by atoms with E-state index in [1.54, 1.807) is 0 Å². The maximum Gasteiger partial charge on any atom is 0.223 e. The zero-order valence-electron chi connectivity index (χ0n) is 12.9. The molecular weight excluding hydrogens is 274 g/mol. The van der Waals surface area contributed by atoms with E-state index in [0.29, 0.717) is 11.8 Å². The highest BCUT2D eigenvalue weighted by molar-refractivity contribution is 5.78. The maximum absolute atomic E-state index is 12.7. The first kappa shape index (κ1) is 13.8. The maximum atomic E-state index is 12.7. The number of para-hydroxylation sites is 2. The van der Waals surface area contributed by atoms with Gasteiger partial charge in [-0.1, -0.05) is 25.0 Å². The second-order valence-corrected chi connectivity index (χ2v) is 6.74. The van der Waals surface area contributed by atoms with E-state index in [1.165, 1.54) is 25.7 Å². The number of carbonyl (C=O) groups is 1. The van der Waals surface area contributed by atoms with Crippen LogP contribution in [0, 0.1) is 5.92 Å². The van der Waals surface area contributed by atoms with E-state index < -0.39 is 0 Å². The second kappa shape index (κ2) is 5.75. The predicted octanol–water partition coefficient (Wildman–Crippen LogP) is 3.81. The lowest BCUT2D eigenvalue weighted by atomic mass is 10.0. The number of likely N-dealkylation sites (tertiary alicyclic amines) is 1. The standard InChI is InChI=1S/C18H23N3O/c22-17(12-13-6-1-2-7-13)21-11-5-10-16(21)18-19-14-8-3-4-9-15(14)20-18/h3-4,8-9,13,16H,1-2,5-7,10-12H2,(H,19,20). The SMILES string of the molecule is O=C(CC1CCCC1)N1CCCC1c1nc2ccccc2[nH]1. The number of carbonyl (C=O) groups excluding carboxylic acids is 1. The zero-order chi connectivity index (χ0) is 14.9. The topological polar surface area (TPSA) is 49.0 Å². The van der Waals surface area contributed by atoms with Crippen molar-refractivity contribution in [3.05, 3.63) is 30.1 Å². The fourth-order valence-electron chi connectivity index (χ4n) is 4.06. The Morgan fingerprint density at radius 1 is 1.18 bits per heavy atom. The van der Waals surface area contributed by atoms with Crippen LogP contribution in [0.5, 0.6) is 0 Å². The van der Waals surface area contributed by atoms with E-state index in [0.717, 1.165) is 42.7 Å². The molecule has 1 atom stereocenters. The monoisotopic (exact) mass is 297 g/mol. The van der Waals surface area contributed by atoms with E-state index in [4.69, 9.17) is 4.98 Å². The van der Waals surface area contributed by atoms with Crippen molar-refractivity contribution in [1.82, 2.24) is 14.9 Å². The van der Waals surface area contributed by atoms with Crippen LogP contribution < -0.4 is 0 Å². The van der Waals surface area contributed by atoms with E-state index in [2.05, 4.69) is 9.88 Å². The van der Waals surface area contributed by atoms with Gasteiger partial charge in [-0.25, -0.2) is 4.98 Å². The molecule has 1 saturated heterocycles. The minimum Gasteiger partial charge on any atom is -0.340 e.